The zero-order chi connectivity index (χ0) is 10.6. The van der Waals surface area contributed by atoms with Gasteiger partial charge in [0, 0.05) is 18.0 Å². The molecule has 5 nitrogen and oxygen atoms in total. The second-order valence-electron chi connectivity index (χ2n) is 2.97. The molecule has 0 radical (unpaired) electrons. The number of carboxylic acid groups (broad SMARTS) is 1. The van der Waals surface area contributed by atoms with E-state index in [1.807, 2.05) is 6.92 Å². The molecule has 1 heterocycles. The first-order chi connectivity index (χ1) is 6.63. The van der Waals surface area contributed by atoms with Crippen molar-refractivity contribution < 1.29 is 9.90 Å². The Morgan fingerprint density at radius 1 is 1.71 bits per heavy atom. The van der Waals surface area contributed by atoms with Crippen LogP contribution in [0.15, 0.2) is 0 Å². The summed E-state index contributed by atoms with van der Waals surface area (Å²) in [5.41, 5.74) is 0. The highest BCUT2D eigenvalue weighted by Crippen LogP contribution is 2.13. The van der Waals surface area contributed by atoms with Crippen molar-refractivity contribution in [1.29, 1.82) is 0 Å². The molecular formula is C8H13N3O2S. The lowest BCUT2D eigenvalue weighted by atomic mass is 10.3. The molecule has 0 bridgehead atoms. The average molecular weight is 215 g/mol. The van der Waals surface area contributed by atoms with Crippen LogP contribution in [0.25, 0.3) is 0 Å². The minimum Gasteiger partial charge on any atom is -0.480 e. The van der Waals surface area contributed by atoms with Crippen molar-refractivity contribution in [2.45, 2.75) is 32.7 Å². The number of carboxylic acids is 1. The number of rotatable bonds is 5. The molecule has 0 saturated heterocycles. The molecule has 78 valence electrons. The summed E-state index contributed by atoms with van der Waals surface area (Å²) in [4.78, 5) is 14.7. The monoisotopic (exact) mass is 215 g/mol. The van der Waals surface area contributed by atoms with Crippen molar-refractivity contribution in [1.82, 2.24) is 9.36 Å². The number of anilines is 1. The summed E-state index contributed by atoms with van der Waals surface area (Å²) in [6.45, 7) is 3.62. The second kappa shape index (κ2) is 4.90. The van der Waals surface area contributed by atoms with E-state index in [1.54, 1.807) is 6.92 Å². The third-order valence-corrected chi connectivity index (χ3v) is 2.34. The van der Waals surface area contributed by atoms with Crippen LogP contribution in [0.4, 0.5) is 5.13 Å². The molecular weight excluding hydrogens is 202 g/mol. The van der Waals surface area contributed by atoms with Gasteiger partial charge in [-0.2, -0.15) is 4.37 Å². The fourth-order valence-electron chi connectivity index (χ4n) is 0.885. The van der Waals surface area contributed by atoms with E-state index in [1.165, 1.54) is 11.5 Å². The van der Waals surface area contributed by atoms with E-state index in [2.05, 4.69) is 14.7 Å². The zero-order valence-corrected chi connectivity index (χ0v) is 8.97. The molecule has 0 aliphatic rings. The standard InChI is InChI=1S/C8H13N3O2S/c1-3-4-6-10-8(14-11-6)9-5(2)7(12)13/h5H,3-4H2,1-2H3,(H,12,13)(H,9,10,11)/t5-/m1/s1. The van der Waals surface area contributed by atoms with E-state index in [9.17, 15) is 4.79 Å². The van der Waals surface area contributed by atoms with E-state index in [0.29, 0.717) is 5.13 Å². The Kier molecular flexibility index (Phi) is 3.82. The van der Waals surface area contributed by atoms with Crippen LogP contribution in [0, 0.1) is 0 Å². The Labute approximate surface area is 86.3 Å². The lowest BCUT2D eigenvalue weighted by Gasteiger charge is -2.05. The Morgan fingerprint density at radius 3 is 3.00 bits per heavy atom. The summed E-state index contributed by atoms with van der Waals surface area (Å²) >= 11 is 1.20. The van der Waals surface area contributed by atoms with Crippen molar-refractivity contribution in [3.63, 3.8) is 0 Å². The molecule has 0 aliphatic heterocycles. The highest BCUT2D eigenvalue weighted by Gasteiger charge is 2.12. The normalized spacial score (nSPS) is 12.4. The molecule has 0 fully saturated rings. The predicted molar refractivity (Wildman–Crippen MR) is 54.6 cm³/mol. The zero-order valence-electron chi connectivity index (χ0n) is 8.15. The summed E-state index contributed by atoms with van der Waals surface area (Å²) in [5, 5.41) is 12.0. The van der Waals surface area contributed by atoms with Gasteiger partial charge in [0.15, 0.2) is 0 Å². The highest BCUT2D eigenvalue weighted by atomic mass is 32.1. The van der Waals surface area contributed by atoms with Crippen molar-refractivity contribution in [3.8, 4) is 0 Å². The SMILES string of the molecule is CCCc1nsc(N[C@H](C)C(=O)O)n1. The maximum atomic E-state index is 10.5. The maximum absolute atomic E-state index is 10.5. The van der Waals surface area contributed by atoms with Gasteiger partial charge in [0.05, 0.1) is 0 Å². The van der Waals surface area contributed by atoms with E-state index in [-0.39, 0.29) is 0 Å². The molecule has 0 aromatic carbocycles. The lowest BCUT2D eigenvalue weighted by molar-refractivity contribution is -0.137. The van der Waals surface area contributed by atoms with Gasteiger partial charge in [-0.15, -0.1) is 0 Å². The van der Waals surface area contributed by atoms with Crippen LogP contribution in [0.3, 0.4) is 0 Å². The molecule has 2 N–H and O–H groups in total. The van der Waals surface area contributed by atoms with Gasteiger partial charge in [0.25, 0.3) is 0 Å². The first-order valence-electron chi connectivity index (χ1n) is 4.45. The molecule has 0 aliphatic carbocycles. The summed E-state index contributed by atoms with van der Waals surface area (Å²) in [6.07, 6.45) is 1.82. The van der Waals surface area contributed by atoms with Gasteiger partial charge in [-0.3, -0.25) is 4.79 Å². The van der Waals surface area contributed by atoms with Gasteiger partial charge in [-0.05, 0) is 13.3 Å². The van der Waals surface area contributed by atoms with E-state index >= 15 is 0 Å². The number of nitrogens with zero attached hydrogens (tertiary/aromatic N) is 2. The smallest absolute Gasteiger partial charge is 0.325 e. The highest BCUT2D eigenvalue weighted by molar-refractivity contribution is 7.09. The summed E-state index contributed by atoms with van der Waals surface area (Å²) in [5.74, 6) is -0.116. The molecule has 0 saturated carbocycles. The Morgan fingerprint density at radius 2 is 2.43 bits per heavy atom. The van der Waals surface area contributed by atoms with Gasteiger partial charge < -0.3 is 10.4 Å². The summed E-state index contributed by atoms with van der Waals surface area (Å²) in [7, 11) is 0. The fourth-order valence-corrected chi connectivity index (χ4v) is 1.58. The van der Waals surface area contributed by atoms with E-state index in [0.717, 1.165) is 18.7 Å². The van der Waals surface area contributed by atoms with Gasteiger partial charge >= 0.3 is 5.97 Å². The third kappa shape index (κ3) is 2.95. The van der Waals surface area contributed by atoms with Crippen LogP contribution in [-0.2, 0) is 11.2 Å². The topological polar surface area (TPSA) is 75.1 Å². The average Bonchev–Trinajstić information content (AvgIpc) is 2.53. The quantitative estimate of drug-likeness (QED) is 0.776. The minimum absolute atomic E-state index is 0.573. The van der Waals surface area contributed by atoms with Crippen molar-refractivity contribution in [2.24, 2.45) is 0 Å². The first-order valence-corrected chi connectivity index (χ1v) is 5.22. The molecule has 0 spiro atoms. The molecule has 1 aromatic heterocycles. The summed E-state index contributed by atoms with van der Waals surface area (Å²) in [6, 6.07) is -0.627. The fraction of sp³-hybridized carbons (Fsp3) is 0.625. The van der Waals surface area contributed by atoms with Crippen LogP contribution < -0.4 is 5.32 Å². The van der Waals surface area contributed by atoms with Gasteiger partial charge in [-0.1, -0.05) is 6.92 Å². The number of hydrogen-bond donors (Lipinski definition) is 2. The molecule has 1 aromatic rings. The molecule has 1 rings (SSSR count). The number of nitrogens with one attached hydrogen (secondary N) is 1. The van der Waals surface area contributed by atoms with Crippen LogP contribution in [0.5, 0.6) is 0 Å². The molecule has 1 atom stereocenters. The van der Waals surface area contributed by atoms with Gasteiger partial charge in [0.2, 0.25) is 5.13 Å². The Hall–Kier alpha value is -1.17. The number of aromatic nitrogens is 2. The second-order valence-corrected chi connectivity index (χ2v) is 3.72. The minimum atomic E-state index is -0.891. The molecule has 14 heavy (non-hydrogen) atoms. The maximum Gasteiger partial charge on any atom is 0.325 e. The van der Waals surface area contributed by atoms with Gasteiger partial charge in [-0.25, -0.2) is 4.98 Å². The summed E-state index contributed by atoms with van der Waals surface area (Å²) < 4.78 is 4.09. The number of hydrogen-bond acceptors (Lipinski definition) is 5. The van der Waals surface area contributed by atoms with Crippen LogP contribution in [0.1, 0.15) is 26.1 Å². The third-order valence-electron chi connectivity index (χ3n) is 1.65. The molecule has 6 heteroatoms. The molecule has 0 unspecified atom stereocenters. The first kappa shape index (κ1) is 10.9. The lowest BCUT2D eigenvalue weighted by Crippen LogP contribution is -2.25. The van der Waals surface area contributed by atoms with Crippen LogP contribution in [-0.4, -0.2) is 26.5 Å². The largest absolute Gasteiger partial charge is 0.480 e. The van der Waals surface area contributed by atoms with Crippen molar-refractivity contribution in [3.05, 3.63) is 5.82 Å². The van der Waals surface area contributed by atoms with Gasteiger partial charge in [0.1, 0.15) is 11.9 Å². The Bertz CT molecular complexity index is 313. The Balaban J connectivity index is 2.55. The van der Waals surface area contributed by atoms with Crippen LogP contribution in [0.2, 0.25) is 0 Å². The number of carbonyl (C=O) groups is 1. The van der Waals surface area contributed by atoms with Crippen molar-refractivity contribution in [2.75, 3.05) is 5.32 Å². The van der Waals surface area contributed by atoms with Crippen molar-refractivity contribution >= 4 is 22.6 Å². The predicted octanol–water partition coefficient (Wildman–Crippen LogP) is 1.38. The number of aryl methyl sites for hydroxylation is 1. The van der Waals surface area contributed by atoms with E-state index in [4.69, 9.17) is 5.11 Å². The van der Waals surface area contributed by atoms with E-state index < -0.39 is 12.0 Å². The molecule has 0 amide bonds. The van der Waals surface area contributed by atoms with Crippen LogP contribution >= 0.6 is 11.5 Å². The number of aliphatic carboxylic acids is 1.